The predicted octanol–water partition coefficient (Wildman–Crippen LogP) is 1.87. The van der Waals surface area contributed by atoms with Crippen molar-refractivity contribution in [2.24, 2.45) is 5.73 Å². The molecule has 0 aliphatic rings. The molecule has 100 valence electrons. The van der Waals surface area contributed by atoms with Gasteiger partial charge in [0.15, 0.2) is 0 Å². The standard InChI is InChI=1S/C15H18N2O2/c1-19-13-6-4-11(5-7-13)14(9-16)15(18)12-3-2-8-17-10-12/h2-8,10,14-15,18H,9,16H2,1H3. The summed E-state index contributed by atoms with van der Waals surface area (Å²) >= 11 is 0. The number of aliphatic hydroxyl groups is 1. The lowest BCUT2D eigenvalue weighted by atomic mass is 9.90. The third-order valence-corrected chi connectivity index (χ3v) is 3.20. The minimum atomic E-state index is -0.660. The number of aromatic nitrogens is 1. The topological polar surface area (TPSA) is 68.4 Å². The first-order chi connectivity index (χ1) is 9.26. The normalized spacial score (nSPS) is 13.8. The molecule has 0 amide bonds. The van der Waals surface area contributed by atoms with Crippen LogP contribution in [-0.4, -0.2) is 23.7 Å². The minimum Gasteiger partial charge on any atom is -0.497 e. The summed E-state index contributed by atoms with van der Waals surface area (Å²) in [4.78, 5) is 4.02. The molecule has 3 N–H and O–H groups in total. The molecule has 1 aromatic heterocycles. The van der Waals surface area contributed by atoms with Crippen molar-refractivity contribution in [1.82, 2.24) is 4.98 Å². The van der Waals surface area contributed by atoms with Gasteiger partial charge in [-0.1, -0.05) is 18.2 Å². The first-order valence-electron chi connectivity index (χ1n) is 6.18. The van der Waals surface area contributed by atoms with Gasteiger partial charge in [0.05, 0.1) is 13.2 Å². The van der Waals surface area contributed by atoms with E-state index in [1.807, 2.05) is 30.3 Å². The van der Waals surface area contributed by atoms with Crippen LogP contribution in [0.3, 0.4) is 0 Å². The van der Waals surface area contributed by atoms with E-state index < -0.39 is 6.10 Å². The summed E-state index contributed by atoms with van der Waals surface area (Å²) in [7, 11) is 1.62. The molecule has 1 aromatic carbocycles. The van der Waals surface area contributed by atoms with Crippen LogP contribution in [0.15, 0.2) is 48.8 Å². The van der Waals surface area contributed by atoms with Gasteiger partial charge in [0.1, 0.15) is 5.75 Å². The Morgan fingerprint density at radius 3 is 2.47 bits per heavy atom. The smallest absolute Gasteiger partial charge is 0.118 e. The number of nitrogens with two attached hydrogens (primary N) is 1. The number of hydrogen-bond donors (Lipinski definition) is 2. The van der Waals surface area contributed by atoms with Crippen LogP contribution in [0.5, 0.6) is 5.75 Å². The van der Waals surface area contributed by atoms with E-state index >= 15 is 0 Å². The molecule has 0 saturated carbocycles. The van der Waals surface area contributed by atoms with Crippen LogP contribution in [0.4, 0.5) is 0 Å². The van der Waals surface area contributed by atoms with Crippen molar-refractivity contribution < 1.29 is 9.84 Å². The monoisotopic (exact) mass is 258 g/mol. The van der Waals surface area contributed by atoms with Gasteiger partial charge >= 0.3 is 0 Å². The molecule has 19 heavy (non-hydrogen) atoms. The second kappa shape index (κ2) is 6.31. The Bertz CT molecular complexity index is 499. The van der Waals surface area contributed by atoms with Crippen molar-refractivity contribution in [2.75, 3.05) is 13.7 Å². The van der Waals surface area contributed by atoms with Gasteiger partial charge in [-0.05, 0) is 29.3 Å². The molecular weight excluding hydrogens is 240 g/mol. The lowest BCUT2D eigenvalue weighted by Gasteiger charge is -2.22. The average Bonchev–Trinajstić information content (AvgIpc) is 2.49. The average molecular weight is 258 g/mol. The van der Waals surface area contributed by atoms with Crippen LogP contribution in [0, 0.1) is 0 Å². The molecule has 0 spiro atoms. The number of ether oxygens (including phenoxy) is 1. The van der Waals surface area contributed by atoms with E-state index in [4.69, 9.17) is 10.5 Å². The summed E-state index contributed by atoms with van der Waals surface area (Å²) < 4.78 is 5.12. The zero-order chi connectivity index (χ0) is 13.7. The van der Waals surface area contributed by atoms with Crippen molar-refractivity contribution in [3.63, 3.8) is 0 Å². The number of pyridine rings is 1. The van der Waals surface area contributed by atoms with E-state index in [-0.39, 0.29) is 5.92 Å². The van der Waals surface area contributed by atoms with E-state index in [0.717, 1.165) is 16.9 Å². The highest BCUT2D eigenvalue weighted by atomic mass is 16.5. The van der Waals surface area contributed by atoms with Gasteiger partial charge in [-0.25, -0.2) is 0 Å². The van der Waals surface area contributed by atoms with Gasteiger partial charge in [0.2, 0.25) is 0 Å². The van der Waals surface area contributed by atoms with E-state index in [9.17, 15) is 5.11 Å². The molecule has 0 fully saturated rings. The molecule has 2 rings (SSSR count). The van der Waals surface area contributed by atoms with Crippen molar-refractivity contribution in [3.8, 4) is 5.75 Å². The Balaban J connectivity index is 2.23. The maximum atomic E-state index is 10.4. The predicted molar refractivity (Wildman–Crippen MR) is 74.0 cm³/mol. The van der Waals surface area contributed by atoms with Gasteiger partial charge in [-0.2, -0.15) is 0 Å². The number of aliphatic hydroxyl groups excluding tert-OH is 1. The van der Waals surface area contributed by atoms with Crippen molar-refractivity contribution in [2.45, 2.75) is 12.0 Å². The lowest BCUT2D eigenvalue weighted by Crippen LogP contribution is -2.20. The number of hydrogen-bond acceptors (Lipinski definition) is 4. The van der Waals surface area contributed by atoms with Crippen LogP contribution >= 0.6 is 0 Å². The fourth-order valence-electron chi connectivity index (χ4n) is 2.08. The highest BCUT2D eigenvalue weighted by Crippen LogP contribution is 2.30. The molecular formula is C15H18N2O2. The second-order valence-electron chi connectivity index (χ2n) is 4.35. The van der Waals surface area contributed by atoms with E-state index in [0.29, 0.717) is 6.54 Å². The third kappa shape index (κ3) is 3.10. The Hall–Kier alpha value is -1.91. The molecule has 2 aromatic rings. The maximum Gasteiger partial charge on any atom is 0.118 e. The first-order valence-corrected chi connectivity index (χ1v) is 6.18. The lowest BCUT2D eigenvalue weighted by molar-refractivity contribution is 0.147. The molecule has 0 bridgehead atoms. The van der Waals surface area contributed by atoms with Crippen molar-refractivity contribution in [3.05, 3.63) is 59.9 Å². The van der Waals surface area contributed by atoms with Gasteiger partial charge in [0, 0.05) is 24.9 Å². The third-order valence-electron chi connectivity index (χ3n) is 3.20. The van der Waals surface area contributed by atoms with Crippen LogP contribution in [0.25, 0.3) is 0 Å². The second-order valence-corrected chi connectivity index (χ2v) is 4.35. The largest absolute Gasteiger partial charge is 0.497 e. The summed E-state index contributed by atoms with van der Waals surface area (Å²) in [5.74, 6) is 0.630. The molecule has 1 heterocycles. The van der Waals surface area contributed by atoms with Gasteiger partial charge < -0.3 is 15.6 Å². The first kappa shape index (κ1) is 13.5. The number of rotatable bonds is 5. The Morgan fingerprint density at radius 1 is 1.21 bits per heavy atom. The summed E-state index contributed by atoms with van der Waals surface area (Å²) in [5.41, 5.74) is 7.56. The van der Waals surface area contributed by atoms with Gasteiger partial charge in [0.25, 0.3) is 0 Å². The van der Waals surface area contributed by atoms with Crippen LogP contribution in [-0.2, 0) is 0 Å². The molecule has 0 radical (unpaired) electrons. The highest BCUT2D eigenvalue weighted by molar-refractivity contribution is 5.31. The highest BCUT2D eigenvalue weighted by Gasteiger charge is 2.21. The molecule has 2 atom stereocenters. The summed E-state index contributed by atoms with van der Waals surface area (Å²) in [6, 6.07) is 11.2. The molecule has 0 aliphatic heterocycles. The SMILES string of the molecule is COc1ccc(C(CN)C(O)c2cccnc2)cc1. The van der Waals surface area contributed by atoms with E-state index in [1.165, 1.54) is 0 Å². The summed E-state index contributed by atoms with van der Waals surface area (Å²) in [6.45, 7) is 0.363. The van der Waals surface area contributed by atoms with E-state index in [1.54, 1.807) is 25.6 Å². The number of methoxy groups -OCH3 is 1. The Kier molecular flexibility index (Phi) is 4.49. The van der Waals surface area contributed by atoms with Gasteiger partial charge in [-0.3, -0.25) is 4.98 Å². The summed E-state index contributed by atoms with van der Waals surface area (Å²) in [6.07, 6.45) is 2.69. The van der Waals surface area contributed by atoms with Gasteiger partial charge in [-0.15, -0.1) is 0 Å². The quantitative estimate of drug-likeness (QED) is 0.859. The van der Waals surface area contributed by atoms with E-state index in [2.05, 4.69) is 4.98 Å². The van der Waals surface area contributed by atoms with Crippen molar-refractivity contribution in [1.29, 1.82) is 0 Å². The fraction of sp³-hybridized carbons (Fsp3) is 0.267. The Labute approximate surface area is 112 Å². The number of nitrogens with zero attached hydrogens (tertiary/aromatic N) is 1. The van der Waals surface area contributed by atoms with Crippen molar-refractivity contribution >= 4 is 0 Å². The minimum absolute atomic E-state index is 0.157. The summed E-state index contributed by atoms with van der Waals surface area (Å²) in [5, 5.41) is 10.4. The molecule has 4 nitrogen and oxygen atoms in total. The molecule has 4 heteroatoms. The number of benzene rings is 1. The fourth-order valence-corrected chi connectivity index (χ4v) is 2.08. The maximum absolute atomic E-state index is 10.4. The zero-order valence-corrected chi connectivity index (χ0v) is 10.9. The van der Waals surface area contributed by atoms with Crippen LogP contribution in [0.2, 0.25) is 0 Å². The molecule has 0 saturated heterocycles. The Morgan fingerprint density at radius 2 is 1.95 bits per heavy atom. The van der Waals surface area contributed by atoms with Crippen LogP contribution in [0.1, 0.15) is 23.1 Å². The molecule has 0 aliphatic carbocycles. The van der Waals surface area contributed by atoms with Crippen LogP contribution < -0.4 is 10.5 Å². The zero-order valence-electron chi connectivity index (χ0n) is 10.9. The molecule has 2 unspecified atom stereocenters.